The van der Waals surface area contributed by atoms with Crippen molar-refractivity contribution in [2.24, 2.45) is 5.92 Å². The molecule has 1 aromatic rings. The number of aromatic nitrogens is 2. The van der Waals surface area contributed by atoms with Crippen LogP contribution in [-0.2, 0) is 0 Å². The van der Waals surface area contributed by atoms with E-state index in [-0.39, 0.29) is 0 Å². The first-order chi connectivity index (χ1) is 5.42. The summed E-state index contributed by atoms with van der Waals surface area (Å²) in [6.07, 6.45) is 5.37. The van der Waals surface area contributed by atoms with Gasteiger partial charge in [-0.25, -0.2) is 4.98 Å². The summed E-state index contributed by atoms with van der Waals surface area (Å²) >= 11 is 0. The Bertz CT molecular complexity index is 270. The molecule has 0 amide bonds. The molecule has 0 spiro atoms. The van der Waals surface area contributed by atoms with Gasteiger partial charge < -0.3 is 4.98 Å². The van der Waals surface area contributed by atoms with Crippen LogP contribution in [0.5, 0.6) is 0 Å². The number of imidazole rings is 1. The van der Waals surface area contributed by atoms with E-state index in [4.69, 9.17) is 5.26 Å². The molecule has 1 heterocycles. The molecule has 1 aliphatic rings. The molecule has 2 unspecified atom stereocenters. The van der Waals surface area contributed by atoms with Crippen molar-refractivity contribution in [3.8, 4) is 6.07 Å². The number of hydrogen-bond donors (Lipinski definition) is 1. The molecule has 2 rings (SSSR count). The summed E-state index contributed by atoms with van der Waals surface area (Å²) in [5.74, 6) is 1.16. The molecule has 1 N–H and O–H groups in total. The van der Waals surface area contributed by atoms with Gasteiger partial charge >= 0.3 is 0 Å². The summed E-state index contributed by atoms with van der Waals surface area (Å²) in [4.78, 5) is 7.01. The van der Waals surface area contributed by atoms with Crippen LogP contribution in [0, 0.1) is 17.2 Å². The highest BCUT2D eigenvalue weighted by Gasteiger charge is 2.38. The van der Waals surface area contributed by atoms with Crippen LogP contribution in [0.15, 0.2) is 12.5 Å². The highest BCUT2D eigenvalue weighted by atomic mass is 14.9. The van der Waals surface area contributed by atoms with E-state index in [9.17, 15) is 0 Å². The normalized spacial score (nSPS) is 27.9. The summed E-state index contributed by atoms with van der Waals surface area (Å²) in [7, 11) is 0. The Balaban J connectivity index is 1.98. The number of nitriles is 1. The van der Waals surface area contributed by atoms with Crippen LogP contribution in [0.1, 0.15) is 24.5 Å². The molecule has 1 fully saturated rings. The van der Waals surface area contributed by atoms with E-state index in [2.05, 4.69) is 16.0 Å². The van der Waals surface area contributed by atoms with Crippen LogP contribution in [0.4, 0.5) is 0 Å². The zero-order valence-corrected chi connectivity index (χ0v) is 6.12. The minimum absolute atomic E-state index is 0.581. The van der Waals surface area contributed by atoms with Gasteiger partial charge in [-0.15, -0.1) is 0 Å². The van der Waals surface area contributed by atoms with Crippen LogP contribution >= 0.6 is 0 Å². The lowest BCUT2D eigenvalue weighted by atomic mass is 10.2. The molecule has 56 valence electrons. The van der Waals surface area contributed by atoms with Crippen molar-refractivity contribution in [3.05, 3.63) is 18.2 Å². The highest BCUT2D eigenvalue weighted by Crippen LogP contribution is 2.48. The fraction of sp³-hybridized carbons (Fsp3) is 0.500. The first-order valence-corrected chi connectivity index (χ1v) is 3.77. The number of aromatic amines is 1. The average molecular weight is 147 g/mol. The molecule has 0 aromatic carbocycles. The maximum Gasteiger partial charge on any atom is 0.0921 e. The lowest BCUT2D eigenvalue weighted by Gasteiger charge is -1.89. The standard InChI is InChI=1S/C8H9N3/c9-2-1-6-3-7(6)8-4-10-5-11-8/h4-7H,1,3H2,(H,10,11). The van der Waals surface area contributed by atoms with Gasteiger partial charge in [0.15, 0.2) is 0 Å². The maximum atomic E-state index is 8.42. The second-order valence-electron chi connectivity index (χ2n) is 2.97. The molecule has 11 heavy (non-hydrogen) atoms. The van der Waals surface area contributed by atoms with E-state index in [1.165, 1.54) is 5.69 Å². The summed E-state index contributed by atoms with van der Waals surface area (Å²) in [5.41, 5.74) is 1.19. The van der Waals surface area contributed by atoms with Crippen LogP contribution in [0.3, 0.4) is 0 Å². The first-order valence-electron chi connectivity index (χ1n) is 3.77. The fourth-order valence-corrected chi connectivity index (χ4v) is 1.44. The minimum atomic E-state index is 0.581. The van der Waals surface area contributed by atoms with E-state index in [1.807, 2.05) is 6.20 Å². The van der Waals surface area contributed by atoms with Gasteiger partial charge in [0.2, 0.25) is 0 Å². The number of nitrogens with zero attached hydrogens (tertiary/aromatic N) is 2. The van der Waals surface area contributed by atoms with Crippen molar-refractivity contribution in [1.29, 1.82) is 5.26 Å². The Morgan fingerprint density at radius 1 is 1.82 bits per heavy atom. The van der Waals surface area contributed by atoms with Gasteiger partial charge in [0, 0.05) is 24.2 Å². The zero-order valence-electron chi connectivity index (χ0n) is 6.12. The molecule has 1 aromatic heterocycles. The van der Waals surface area contributed by atoms with E-state index in [1.54, 1.807) is 6.33 Å². The predicted octanol–water partition coefficient (Wildman–Crippen LogP) is 1.43. The smallest absolute Gasteiger partial charge is 0.0921 e. The summed E-state index contributed by atoms with van der Waals surface area (Å²) in [6, 6.07) is 2.19. The molecule has 0 saturated heterocycles. The van der Waals surface area contributed by atoms with E-state index < -0.39 is 0 Å². The Morgan fingerprint density at radius 3 is 3.36 bits per heavy atom. The van der Waals surface area contributed by atoms with Crippen LogP contribution in [0.2, 0.25) is 0 Å². The SMILES string of the molecule is N#CCC1CC1c1cnc[nH]1. The molecule has 2 atom stereocenters. The van der Waals surface area contributed by atoms with E-state index in [0.717, 1.165) is 6.42 Å². The quantitative estimate of drug-likeness (QED) is 0.687. The third-order valence-corrected chi connectivity index (χ3v) is 2.19. The highest BCUT2D eigenvalue weighted by molar-refractivity contribution is 5.15. The van der Waals surface area contributed by atoms with Crippen molar-refractivity contribution >= 4 is 0 Å². The second-order valence-corrected chi connectivity index (χ2v) is 2.97. The summed E-state index contributed by atoms with van der Waals surface area (Å²) in [5, 5.41) is 8.42. The van der Waals surface area contributed by atoms with Gasteiger partial charge in [-0.05, 0) is 12.3 Å². The lowest BCUT2D eigenvalue weighted by molar-refractivity contribution is 0.817. The molecule has 1 saturated carbocycles. The fourth-order valence-electron chi connectivity index (χ4n) is 1.44. The Labute approximate surface area is 65.1 Å². The number of rotatable bonds is 2. The monoisotopic (exact) mass is 147 g/mol. The van der Waals surface area contributed by atoms with Gasteiger partial charge in [0.1, 0.15) is 0 Å². The Morgan fingerprint density at radius 2 is 2.73 bits per heavy atom. The minimum Gasteiger partial charge on any atom is -0.348 e. The molecular weight excluding hydrogens is 138 g/mol. The average Bonchev–Trinajstić information content (AvgIpc) is 2.61. The van der Waals surface area contributed by atoms with Crippen LogP contribution in [0.25, 0.3) is 0 Å². The third kappa shape index (κ3) is 1.12. The van der Waals surface area contributed by atoms with Crippen molar-refractivity contribution in [1.82, 2.24) is 9.97 Å². The zero-order chi connectivity index (χ0) is 7.68. The lowest BCUT2D eigenvalue weighted by Crippen LogP contribution is -1.81. The molecule has 0 bridgehead atoms. The third-order valence-electron chi connectivity index (χ3n) is 2.19. The predicted molar refractivity (Wildman–Crippen MR) is 39.7 cm³/mol. The first kappa shape index (κ1) is 6.41. The molecule has 0 radical (unpaired) electrons. The van der Waals surface area contributed by atoms with Gasteiger partial charge in [0.05, 0.1) is 12.4 Å². The number of hydrogen-bond acceptors (Lipinski definition) is 2. The molecule has 1 aliphatic carbocycles. The van der Waals surface area contributed by atoms with Crippen LogP contribution < -0.4 is 0 Å². The number of nitrogens with one attached hydrogen (secondary N) is 1. The largest absolute Gasteiger partial charge is 0.348 e. The maximum absolute atomic E-state index is 8.42. The number of H-pyrrole nitrogens is 1. The van der Waals surface area contributed by atoms with Gasteiger partial charge in [-0.1, -0.05) is 0 Å². The Hall–Kier alpha value is -1.30. The molecule has 3 nitrogen and oxygen atoms in total. The van der Waals surface area contributed by atoms with Crippen LogP contribution in [-0.4, -0.2) is 9.97 Å². The molecular formula is C8H9N3. The van der Waals surface area contributed by atoms with Crippen molar-refractivity contribution in [3.63, 3.8) is 0 Å². The second kappa shape index (κ2) is 2.39. The van der Waals surface area contributed by atoms with E-state index >= 15 is 0 Å². The van der Waals surface area contributed by atoms with Gasteiger partial charge in [-0.2, -0.15) is 5.26 Å². The van der Waals surface area contributed by atoms with E-state index in [0.29, 0.717) is 18.3 Å². The topological polar surface area (TPSA) is 52.5 Å². The van der Waals surface area contributed by atoms with Gasteiger partial charge in [0.25, 0.3) is 0 Å². The molecule has 0 aliphatic heterocycles. The van der Waals surface area contributed by atoms with Crippen molar-refractivity contribution in [2.75, 3.05) is 0 Å². The van der Waals surface area contributed by atoms with Crippen molar-refractivity contribution in [2.45, 2.75) is 18.8 Å². The summed E-state index contributed by atoms with van der Waals surface area (Å²) < 4.78 is 0. The van der Waals surface area contributed by atoms with Gasteiger partial charge in [-0.3, -0.25) is 0 Å². The Kier molecular flexibility index (Phi) is 1.39. The molecule has 3 heteroatoms. The van der Waals surface area contributed by atoms with Crippen molar-refractivity contribution < 1.29 is 0 Å². The summed E-state index contributed by atoms with van der Waals surface area (Å²) in [6.45, 7) is 0.